The molecular weight excluding hydrogens is 290 g/mol. The molecule has 1 aliphatic heterocycles. The summed E-state index contributed by atoms with van der Waals surface area (Å²) < 4.78 is 13.4. The van der Waals surface area contributed by atoms with Gasteiger partial charge >= 0.3 is 0 Å². The van der Waals surface area contributed by atoms with Gasteiger partial charge < -0.3 is 5.32 Å². The molecule has 0 radical (unpaired) electrons. The first-order valence-corrected chi connectivity index (χ1v) is 8.20. The van der Waals surface area contributed by atoms with Crippen LogP contribution in [0.15, 0.2) is 56.2 Å². The number of hydrogen-bond donors (Lipinski definition) is 1. The molecule has 0 aliphatic carbocycles. The van der Waals surface area contributed by atoms with Crippen LogP contribution >= 0.6 is 0 Å². The first-order valence-electron chi connectivity index (χ1n) is 8.20. The Morgan fingerprint density at radius 1 is 0.652 bits per heavy atom. The molecule has 1 N–H and O–H groups in total. The second-order valence-electron chi connectivity index (χ2n) is 6.11. The van der Waals surface area contributed by atoms with Crippen LogP contribution in [-0.2, 0) is 32.8 Å². The molecule has 4 rings (SSSR count). The number of hydrogen-bond acceptors (Lipinski definition) is 1. The van der Waals surface area contributed by atoms with E-state index in [1.54, 1.807) is 0 Å². The third-order valence-electron chi connectivity index (χ3n) is 4.28. The van der Waals surface area contributed by atoms with Gasteiger partial charge in [-0.25, -0.2) is 18.3 Å². The van der Waals surface area contributed by atoms with Crippen molar-refractivity contribution in [2.75, 3.05) is 13.1 Å². The zero-order valence-corrected chi connectivity index (χ0v) is 13.3. The van der Waals surface area contributed by atoms with Gasteiger partial charge in [-0.2, -0.15) is 9.13 Å². The second kappa shape index (κ2) is 6.37. The fraction of sp³-hybridized carbons (Fsp3) is 0.438. The molecule has 4 heterocycles. The average Bonchev–Trinajstić information content (AvgIpc) is 3.26. The summed E-state index contributed by atoms with van der Waals surface area (Å²) in [7, 11) is 0. The zero-order chi connectivity index (χ0) is 15.5. The minimum absolute atomic E-state index is 0.844. The largest absolute Gasteiger partial charge is 0.309 e. The van der Waals surface area contributed by atoms with Crippen molar-refractivity contribution in [3.63, 3.8) is 0 Å². The second-order valence-corrected chi connectivity index (χ2v) is 6.11. The van der Waals surface area contributed by atoms with Gasteiger partial charge in [0.2, 0.25) is 25.7 Å². The molecule has 7 nitrogen and oxygen atoms in total. The van der Waals surface area contributed by atoms with Crippen molar-refractivity contribution in [1.29, 1.82) is 0 Å². The van der Waals surface area contributed by atoms with Gasteiger partial charge in [0.15, 0.2) is 0 Å². The molecule has 0 saturated heterocycles. The molecule has 3 aromatic rings. The molecule has 3 aromatic heterocycles. The summed E-state index contributed by atoms with van der Waals surface area (Å²) >= 11 is 0. The van der Waals surface area contributed by atoms with E-state index < -0.39 is 0 Å². The molecule has 0 amide bonds. The van der Waals surface area contributed by atoms with Crippen LogP contribution in [0, 0.1) is 0 Å². The van der Waals surface area contributed by atoms with Crippen molar-refractivity contribution < 1.29 is 13.7 Å². The van der Waals surface area contributed by atoms with E-state index in [0.717, 1.165) is 45.9 Å². The Hall–Kier alpha value is -2.41. The van der Waals surface area contributed by atoms with E-state index >= 15 is 0 Å². The van der Waals surface area contributed by atoms with E-state index in [0.29, 0.717) is 0 Å². The van der Waals surface area contributed by atoms with Gasteiger partial charge in [-0.3, -0.25) is 0 Å². The lowest BCUT2D eigenvalue weighted by molar-refractivity contribution is -0.912. The Labute approximate surface area is 135 Å². The fourth-order valence-electron chi connectivity index (χ4n) is 2.97. The smallest absolute Gasteiger partial charge is 0.247 e. The number of fused-ring (bicyclic) bond motifs is 6. The van der Waals surface area contributed by atoms with E-state index in [9.17, 15) is 0 Å². The summed E-state index contributed by atoms with van der Waals surface area (Å²) in [6, 6.07) is 0. The molecule has 6 bridgehead atoms. The third-order valence-corrected chi connectivity index (χ3v) is 4.28. The van der Waals surface area contributed by atoms with Crippen molar-refractivity contribution >= 4 is 0 Å². The summed E-state index contributed by atoms with van der Waals surface area (Å²) in [6.07, 6.45) is 19.4. The Balaban J connectivity index is 1.53. The monoisotopic (exact) mass is 314 g/mol. The highest BCUT2D eigenvalue weighted by molar-refractivity contribution is 4.70. The van der Waals surface area contributed by atoms with Crippen LogP contribution in [0.1, 0.15) is 0 Å². The standard InChI is InChI=1S/C16H24N7/c1-3-18-5-6-20(13-18)7-8-21-10-12-23(15-21)16-22-11-9-19(14-22)4-2-17-1/h5-6,9-15,17H,1-4,7-8,16H2/q+3. The molecule has 1 aliphatic rings. The van der Waals surface area contributed by atoms with Crippen LogP contribution in [-0.4, -0.2) is 26.8 Å². The van der Waals surface area contributed by atoms with E-state index in [1.807, 2.05) is 0 Å². The lowest BCUT2D eigenvalue weighted by Crippen LogP contribution is -2.49. The highest BCUT2D eigenvalue weighted by Crippen LogP contribution is 1.91. The third kappa shape index (κ3) is 3.50. The topological polar surface area (TPSA) is 38.5 Å². The van der Waals surface area contributed by atoms with Gasteiger partial charge in [0.1, 0.15) is 63.4 Å². The van der Waals surface area contributed by atoms with Crippen LogP contribution in [0.3, 0.4) is 0 Å². The first-order chi connectivity index (χ1) is 11.3. The highest BCUT2D eigenvalue weighted by Gasteiger charge is 2.11. The van der Waals surface area contributed by atoms with Crippen molar-refractivity contribution in [2.45, 2.75) is 32.8 Å². The van der Waals surface area contributed by atoms with Gasteiger partial charge in [0, 0.05) is 13.1 Å². The Kier molecular flexibility index (Phi) is 3.94. The van der Waals surface area contributed by atoms with Gasteiger partial charge in [-0.15, -0.1) is 0 Å². The average molecular weight is 314 g/mol. The number of rotatable bonds is 0. The molecule has 23 heavy (non-hydrogen) atoms. The van der Waals surface area contributed by atoms with Crippen molar-refractivity contribution in [1.82, 2.24) is 19.0 Å². The molecule has 0 fully saturated rings. The van der Waals surface area contributed by atoms with E-state index in [2.05, 4.69) is 88.9 Å². The quantitative estimate of drug-likeness (QED) is 0.518. The lowest BCUT2D eigenvalue weighted by Gasteiger charge is -2.01. The van der Waals surface area contributed by atoms with Crippen LogP contribution in [0.25, 0.3) is 0 Å². The molecule has 0 aromatic carbocycles. The van der Waals surface area contributed by atoms with Crippen LogP contribution in [0.5, 0.6) is 0 Å². The van der Waals surface area contributed by atoms with Crippen LogP contribution in [0.2, 0.25) is 0 Å². The molecule has 0 atom stereocenters. The summed E-state index contributed by atoms with van der Waals surface area (Å²) in [5.74, 6) is 0. The number of nitrogens with one attached hydrogen (secondary N) is 1. The SMILES string of the molecule is c1c[n+]2cn1CCNCC[n+]1ccn(c1)CCn1cc[n+](c1)C2. The predicted molar refractivity (Wildman–Crippen MR) is 82.1 cm³/mol. The highest BCUT2D eigenvalue weighted by atomic mass is 15.2. The van der Waals surface area contributed by atoms with E-state index in [1.165, 1.54) is 0 Å². The maximum Gasteiger partial charge on any atom is 0.247 e. The fourth-order valence-corrected chi connectivity index (χ4v) is 2.97. The van der Waals surface area contributed by atoms with E-state index in [-0.39, 0.29) is 0 Å². The van der Waals surface area contributed by atoms with Crippen molar-refractivity contribution in [3.05, 3.63) is 56.2 Å². The van der Waals surface area contributed by atoms with Gasteiger partial charge in [0.25, 0.3) is 0 Å². The summed E-state index contributed by atoms with van der Waals surface area (Å²) in [5, 5.41) is 3.51. The predicted octanol–water partition coefficient (Wildman–Crippen LogP) is -1.24. The number of nitrogens with zero attached hydrogens (tertiary/aromatic N) is 6. The Morgan fingerprint density at radius 3 is 1.91 bits per heavy atom. The molecule has 0 unspecified atom stereocenters. The normalized spacial score (nSPS) is 16.2. The zero-order valence-electron chi connectivity index (χ0n) is 13.3. The number of aromatic nitrogens is 6. The number of aryl methyl sites for hydroxylation is 2. The van der Waals surface area contributed by atoms with Crippen molar-refractivity contribution in [2.24, 2.45) is 0 Å². The first kappa shape index (κ1) is 14.2. The maximum absolute atomic E-state index is 3.51. The van der Waals surface area contributed by atoms with Crippen LogP contribution < -0.4 is 19.0 Å². The summed E-state index contributed by atoms with van der Waals surface area (Å²) in [4.78, 5) is 0. The molecule has 0 saturated carbocycles. The minimum atomic E-state index is 0.844. The van der Waals surface area contributed by atoms with E-state index in [4.69, 9.17) is 0 Å². The lowest BCUT2D eigenvalue weighted by atomic mass is 10.5. The molecule has 0 spiro atoms. The molecular formula is C16H24N7+3. The Bertz CT molecular complexity index is 767. The van der Waals surface area contributed by atoms with Gasteiger partial charge in [-0.1, -0.05) is 0 Å². The maximum atomic E-state index is 3.51. The van der Waals surface area contributed by atoms with Crippen LogP contribution in [0.4, 0.5) is 0 Å². The van der Waals surface area contributed by atoms with Crippen molar-refractivity contribution in [3.8, 4) is 0 Å². The van der Waals surface area contributed by atoms with Gasteiger partial charge in [0.05, 0.1) is 0 Å². The Morgan fingerprint density at radius 2 is 1.22 bits per heavy atom. The van der Waals surface area contributed by atoms with Gasteiger partial charge in [-0.05, 0) is 0 Å². The summed E-state index contributed by atoms with van der Waals surface area (Å²) in [6.45, 7) is 6.78. The minimum Gasteiger partial charge on any atom is -0.309 e. The number of imidazole rings is 3. The molecule has 120 valence electrons. The molecule has 7 heteroatoms. The summed E-state index contributed by atoms with van der Waals surface area (Å²) in [5.41, 5.74) is 0.